The second-order valence-electron chi connectivity index (χ2n) is 6.38. The Morgan fingerprint density at radius 2 is 1.80 bits per heavy atom. The fourth-order valence-electron chi connectivity index (χ4n) is 3.41. The fraction of sp³-hybridized carbons (Fsp3) is 0.250. The molecule has 25 heavy (non-hydrogen) atoms. The van der Waals surface area contributed by atoms with Gasteiger partial charge in [0.1, 0.15) is 4.88 Å². The number of carbonyl (C=O) groups excluding carboxylic acids is 1. The lowest BCUT2D eigenvalue weighted by atomic mass is 10.1. The number of hydrogen-bond donors (Lipinski definition) is 1. The van der Waals surface area contributed by atoms with Crippen molar-refractivity contribution >= 4 is 28.8 Å². The molecule has 2 heterocycles. The van der Waals surface area contributed by atoms with Gasteiger partial charge < -0.3 is 9.88 Å². The molecule has 1 amide bonds. The highest BCUT2D eigenvalue weighted by Gasteiger charge is 2.23. The smallest absolute Gasteiger partial charge is 0.263 e. The molecular weight excluding hydrogens is 352 g/mol. The summed E-state index contributed by atoms with van der Waals surface area (Å²) in [5, 5.41) is 5.98. The molecule has 1 aromatic carbocycles. The Bertz CT molecular complexity index is 862. The average Bonchev–Trinajstić information content (AvgIpc) is 3.36. The van der Waals surface area contributed by atoms with Crippen LogP contribution >= 0.6 is 22.9 Å². The molecule has 0 unspecified atom stereocenters. The van der Waals surface area contributed by atoms with Gasteiger partial charge in [-0.15, -0.1) is 11.3 Å². The van der Waals surface area contributed by atoms with E-state index >= 15 is 0 Å². The zero-order valence-electron chi connectivity index (χ0n) is 13.7. The van der Waals surface area contributed by atoms with E-state index in [2.05, 4.69) is 10.7 Å². The van der Waals surface area contributed by atoms with Gasteiger partial charge in [0.15, 0.2) is 0 Å². The molecule has 0 saturated heterocycles. The van der Waals surface area contributed by atoms with Crippen molar-refractivity contribution in [2.24, 2.45) is 0 Å². The number of amides is 1. The second-order valence-corrected chi connectivity index (χ2v) is 7.70. The number of benzene rings is 1. The Balaban J connectivity index is 1.74. The highest BCUT2D eigenvalue weighted by molar-refractivity contribution is 7.13. The lowest BCUT2D eigenvalue weighted by molar-refractivity contribution is 0.0942. The maximum atomic E-state index is 12.9. The molecule has 1 saturated carbocycles. The number of thiophene rings is 1. The Morgan fingerprint density at radius 1 is 1.12 bits per heavy atom. The summed E-state index contributed by atoms with van der Waals surface area (Å²) >= 11 is 7.52. The maximum Gasteiger partial charge on any atom is 0.263 e. The summed E-state index contributed by atoms with van der Waals surface area (Å²) in [7, 11) is 0. The molecule has 2 aromatic heterocycles. The first-order valence-corrected chi connectivity index (χ1v) is 9.80. The van der Waals surface area contributed by atoms with Gasteiger partial charge in [0.2, 0.25) is 0 Å². The van der Waals surface area contributed by atoms with E-state index in [1.165, 1.54) is 24.2 Å². The van der Waals surface area contributed by atoms with Crippen LogP contribution in [0.2, 0.25) is 5.02 Å². The third kappa shape index (κ3) is 3.37. The number of hydrogen-bond acceptors (Lipinski definition) is 2. The average molecular weight is 371 g/mol. The Morgan fingerprint density at radius 3 is 2.48 bits per heavy atom. The van der Waals surface area contributed by atoms with Gasteiger partial charge in [-0.3, -0.25) is 4.79 Å². The van der Waals surface area contributed by atoms with Crippen LogP contribution in [-0.2, 0) is 0 Å². The minimum Gasteiger partial charge on any atom is -0.349 e. The molecule has 0 radical (unpaired) electrons. The molecule has 3 aromatic rings. The third-order valence-electron chi connectivity index (χ3n) is 4.68. The lowest BCUT2D eigenvalue weighted by Gasteiger charge is -2.13. The Labute approximate surface area is 156 Å². The highest BCUT2D eigenvalue weighted by Crippen LogP contribution is 2.35. The van der Waals surface area contributed by atoms with Crippen molar-refractivity contribution in [1.29, 1.82) is 0 Å². The number of nitrogens with zero attached hydrogens (tertiary/aromatic N) is 1. The van der Waals surface area contributed by atoms with Crippen molar-refractivity contribution < 1.29 is 4.79 Å². The van der Waals surface area contributed by atoms with Gasteiger partial charge in [0, 0.05) is 34.4 Å². The molecule has 0 bridgehead atoms. The molecule has 4 rings (SSSR count). The number of carbonyl (C=O) groups is 1. The first-order valence-electron chi connectivity index (χ1n) is 8.54. The van der Waals surface area contributed by atoms with Crippen LogP contribution in [0.4, 0.5) is 0 Å². The number of rotatable bonds is 4. The third-order valence-corrected chi connectivity index (χ3v) is 5.90. The minimum absolute atomic E-state index is 0.0285. The van der Waals surface area contributed by atoms with Crippen LogP contribution in [0.15, 0.2) is 54.2 Å². The number of halogens is 1. The van der Waals surface area contributed by atoms with Crippen LogP contribution in [0.3, 0.4) is 0 Å². The van der Waals surface area contributed by atoms with Gasteiger partial charge in [-0.05, 0) is 42.7 Å². The molecule has 1 fully saturated rings. The van der Waals surface area contributed by atoms with E-state index in [9.17, 15) is 4.79 Å². The van der Waals surface area contributed by atoms with Gasteiger partial charge in [-0.1, -0.05) is 36.6 Å². The standard InChI is InChI=1S/C20H19ClN2OS/c21-15-9-7-14(8-10-15)17-13-25-19(18(17)23-11-3-4-12-23)20(24)22-16-5-1-2-6-16/h3-4,7-13,16H,1-2,5-6H2,(H,22,24). The zero-order chi connectivity index (χ0) is 17.2. The van der Waals surface area contributed by atoms with Crippen LogP contribution in [-0.4, -0.2) is 16.5 Å². The van der Waals surface area contributed by atoms with Gasteiger partial charge in [0.25, 0.3) is 5.91 Å². The molecule has 128 valence electrons. The van der Waals surface area contributed by atoms with E-state index < -0.39 is 0 Å². The number of aromatic nitrogens is 1. The summed E-state index contributed by atoms with van der Waals surface area (Å²) in [6.07, 6.45) is 8.54. The van der Waals surface area contributed by atoms with Gasteiger partial charge in [-0.2, -0.15) is 0 Å². The number of nitrogens with one attached hydrogen (secondary N) is 1. The summed E-state index contributed by atoms with van der Waals surface area (Å²) in [4.78, 5) is 13.6. The largest absolute Gasteiger partial charge is 0.349 e. The molecular formula is C20H19ClN2OS. The predicted octanol–water partition coefficient (Wildman–Crippen LogP) is 5.53. The van der Waals surface area contributed by atoms with E-state index in [0.717, 1.165) is 34.5 Å². The van der Waals surface area contributed by atoms with Gasteiger partial charge in [0.05, 0.1) is 5.69 Å². The van der Waals surface area contributed by atoms with Crippen molar-refractivity contribution in [2.45, 2.75) is 31.7 Å². The van der Waals surface area contributed by atoms with Crippen molar-refractivity contribution in [1.82, 2.24) is 9.88 Å². The summed E-state index contributed by atoms with van der Waals surface area (Å²) in [6, 6.07) is 12.0. The summed E-state index contributed by atoms with van der Waals surface area (Å²) in [5.41, 5.74) is 3.05. The molecule has 1 aliphatic carbocycles. The maximum absolute atomic E-state index is 12.9. The van der Waals surface area contributed by atoms with Crippen LogP contribution in [0.1, 0.15) is 35.4 Å². The van der Waals surface area contributed by atoms with Crippen LogP contribution < -0.4 is 5.32 Å². The summed E-state index contributed by atoms with van der Waals surface area (Å²) in [6.45, 7) is 0. The highest BCUT2D eigenvalue weighted by atomic mass is 35.5. The molecule has 3 nitrogen and oxygen atoms in total. The van der Waals surface area contributed by atoms with Crippen LogP contribution in [0, 0.1) is 0 Å². The van der Waals surface area contributed by atoms with E-state index in [4.69, 9.17) is 11.6 Å². The first kappa shape index (κ1) is 16.4. The van der Waals surface area contributed by atoms with Gasteiger partial charge in [-0.25, -0.2) is 0 Å². The summed E-state index contributed by atoms with van der Waals surface area (Å²) in [5.74, 6) is 0.0285. The normalized spacial score (nSPS) is 14.8. The topological polar surface area (TPSA) is 34.0 Å². The predicted molar refractivity (Wildman–Crippen MR) is 104 cm³/mol. The van der Waals surface area contributed by atoms with E-state index in [1.807, 2.05) is 53.4 Å². The van der Waals surface area contributed by atoms with E-state index in [0.29, 0.717) is 11.1 Å². The molecule has 5 heteroatoms. The van der Waals surface area contributed by atoms with Gasteiger partial charge >= 0.3 is 0 Å². The van der Waals surface area contributed by atoms with E-state index in [1.54, 1.807) is 0 Å². The van der Waals surface area contributed by atoms with Crippen molar-refractivity contribution in [3.05, 3.63) is 64.1 Å². The van der Waals surface area contributed by atoms with Crippen molar-refractivity contribution in [3.63, 3.8) is 0 Å². The molecule has 1 aliphatic rings. The summed E-state index contributed by atoms with van der Waals surface area (Å²) < 4.78 is 2.02. The second kappa shape index (κ2) is 7.06. The molecule has 1 N–H and O–H groups in total. The molecule has 0 atom stereocenters. The Hall–Kier alpha value is -2.04. The lowest BCUT2D eigenvalue weighted by Crippen LogP contribution is -2.32. The van der Waals surface area contributed by atoms with E-state index in [-0.39, 0.29) is 5.91 Å². The quantitative estimate of drug-likeness (QED) is 0.643. The van der Waals surface area contributed by atoms with Crippen LogP contribution in [0.5, 0.6) is 0 Å². The minimum atomic E-state index is 0.0285. The van der Waals surface area contributed by atoms with Crippen molar-refractivity contribution in [3.8, 4) is 16.8 Å². The first-order chi connectivity index (χ1) is 12.2. The monoisotopic (exact) mass is 370 g/mol. The van der Waals surface area contributed by atoms with Crippen LogP contribution in [0.25, 0.3) is 16.8 Å². The molecule has 0 spiro atoms. The van der Waals surface area contributed by atoms with Crippen molar-refractivity contribution in [2.75, 3.05) is 0 Å². The zero-order valence-corrected chi connectivity index (χ0v) is 15.3. The molecule has 0 aliphatic heterocycles. The Kier molecular flexibility index (Phi) is 4.64. The SMILES string of the molecule is O=C(NC1CCCC1)c1scc(-c2ccc(Cl)cc2)c1-n1cccc1. The fourth-order valence-corrected chi connectivity index (χ4v) is 4.51.